The average molecular weight is 310 g/mol. The topological polar surface area (TPSA) is 64.2 Å². The van der Waals surface area contributed by atoms with Crippen molar-refractivity contribution in [1.82, 2.24) is 4.57 Å². The first-order valence-corrected chi connectivity index (χ1v) is 7.51. The number of benzene rings is 2. The Morgan fingerprint density at radius 1 is 1.17 bits per heavy atom. The molecule has 0 atom stereocenters. The molecule has 0 radical (unpaired) electrons. The molecule has 0 aliphatic heterocycles. The van der Waals surface area contributed by atoms with Crippen molar-refractivity contribution in [2.75, 3.05) is 5.32 Å². The standard InChI is InChI=1S/C18H18N2O3/c1-4-20-15-10-13(7-8-16(15)23-18(20)22)17(21)19-14-9-11(2)5-6-12(14)3/h5-10H,4H2,1-3H3,(H,19,21). The minimum absolute atomic E-state index is 0.211. The number of nitrogens with zero attached hydrogens (tertiary/aromatic N) is 1. The molecular formula is C18H18N2O3. The van der Waals surface area contributed by atoms with E-state index in [9.17, 15) is 9.59 Å². The zero-order valence-electron chi connectivity index (χ0n) is 13.3. The van der Waals surface area contributed by atoms with Gasteiger partial charge in [0.15, 0.2) is 5.58 Å². The third kappa shape index (κ3) is 2.77. The van der Waals surface area contributed by atoms with E-state index in [-0.39, 0.29) is 5.91 Å². The van der Waals surface area contributed by atoms with Gasteiger partial charge in [0.25, 0.3) is 5.91 Å². The molecule has 0 aliphatic rings. The van der Waals surface area contributed by atoms with Crippen LogP contribution in [0.4, 0.5) is 5.69 Å². The lowest BCUT2D eigenvalue weighted by atomic mass is 10.1. The summed E-state index contributed by atoms with van der Waals surface area (Å²) in [4.78, 5) is 24.2. The summed E-state index contributed by atoms with van der Waals surface area (Å²) in [5.41, 5.74) is 4.47. The molecule has 3 rings (SSSR count). The van der Waals surface area contributed by atoms with Crippen LogP contribution in [0.25, 0.3) is 11.1 Å². The van der Waals surface area contributed by atoms with Crippen LogP contribution in [0.15, 0.2) is 45.6 Å². The molecule has 0 aliphatic carbocycles. The first kappa shape index (κ1) is 15.1. The lowest BCUT2D eigenvalue weighted by molar-refractivity contribution is 0.102. The third-order valence-electron chi connectivity index (χ3n) is 3.89. The summed E-state index contributed by atoms with van der Waals surface area (Å²) >= 11 is 0. The summed E-state index contributed by atoms with van der Waals surface area (Å²) in [5.74, 6) is -0.619. The van der Waals surface area contributed by atoms with Gasteiger partial charge < -0.3 is 9.73 Å². The van der Waals surface area contributed by atoms with Gasteiger partial charge in [0.05, 0.1) is 5.52 Å². The fraction of sp³-hybridized carbons (Fsp3) is 0.222. The zero-order valence-corrected chi connectivity index (χ0v) is 13.3. The molecule has 0 saturated carbocycles. The Morgan fingerprint density at radius 3 is 2.70 bits per heavy atom. The van der Waals surface area contributed by atoms with Crippen LogP contribution in [0.1, 0.15) is 28.4 Å². The smallest absolute Gasteiger partial charge is 0.408 e. The second kappa shape index (κ2) is 5.76. The number of carbonyl (C=O) groups excluding carboxylic acids is 1. The van der Waals surface area contributed by atoms with E-state index in [0.717, 1.165) is 16.8 Å². The number of aromatic nitrogens is 1. The van der Waals surface area contributed by atoms with E-state index in [1.807, 2.05) is 39.0 Å². The van der Waals surface area contributed by atoms with Gasteiger partial charge in [-0.1, -0.05) is 12.1 Å². The highest BCUT2D eigenvalue weighted by Gasteiger charge is 2.13. The average Bonchev–Trinajstić information content (AvgIpc) is 2.85. The van der Waals surface area contributed by atoms with E-state index in [4.69, 9.17) is 4.42 Å². The Labute approximate surface area is 133 Å². The van der Waals surface area contributed by atoms with Crippen molar-refractivity contribution in [1.29, 1.82) is 0 Å². The maximum atomic E-state index is 12.5. The number of nitrogens with one attached hydrogen (secondary N) is 1. The van der Waals surface area contributed by atoms with Crippen LogP contribution in [-0.4, -0.2) is 10.5 Å². The number of aryl methyl sites for hydroxylation is 3. The number of hydrogen-bond donors (Lipinski definition) is 1. The van der Waals surface area contributed by atoms with Crippen LogP contribution in [0, 0.1) is 13.8 Å². The van der Waals surface area contributed by atoms with Gasteiger partial charge in [-0.2, -0.15) is 0 Å². The summed E-state index contributed by atoms with van der Waals surface area (Å²) < 4.78 is 6.66. The molecule has 1 aromatic heterocycles. The van der Waals surface area contributed by atoms with Crippen LogP contribution in [-0.2, 0) is 6.54 Å². The molecule has 1 N–H and O–H groups in total. The molecule has 118 valence electrons. The van der Waals surface area contributed by atoms with Crippen molar-refractivity contribution in [3.8, 4) is 0 Å². The molecule has 0 fully saturated rings. The van der Waals surface area contributed by atoms with Gasteiger partial charge in [0.2, 0.25) is 0 Å². The number of hydrogen-bond acceptors (Lipinski definition) is 3. The van der Waals surface area contributed by atoms with Crippen molar-refractivity contribution in [3.63, 3.8) is 0 Å². The number of carbonyl (C=O) groups is 1. The number of fused-ring (bicyclic) bond motifs is 1. The Balaban J connectivity index is 1.97. The monoisotopic (exact) mass is 310 g/mol. The quantitative estimate of drug-likeness (QED) is 0.805. The van der Waals surface area contributed by atoms with Gasteiger partial charge in [-0.25, -0.2) is 4.79 Å². The van der Waals surface area contributed by atoms with Gasteiger partial charge in [-0.15, -0.1) is 0 Å². The van der Waals surface area contributed by atoms with E-state index in [0.29, 0.717) is 23.2 Å². The van der Waals surface area contributed by atoms with Crippen molar-refractivity contribution >= 4 is 22.7 Å². The molecule has 0 saturated heterocycles. The van der Waals surface area contributed by atoms with Gasteiger partial charge in [-0.3, -0.25) is 9.36 Å². The van der Waals surface area contributed by atoms with E-state index in [2.05, 4.69) is 5.32 Å². The largest absolute Gasteiger partial charge is 0.419 e. The molecule has 0 spiro atoms. The molecule has 2 aromatic carbocycles. The van der Waals surface area contributed by atoms with Gasteiger partial charge in [0, 0.05) is 17.8 Å². The molecule has 5 heteroatoms. The highest BCUT2D eigenvalue weighted by atomic mass is 16.4. The summed E-state index contributed by atoms with van der Waals surface area (Å²) in [5, 5.41) is 2.92. The maximum Gasteiger partial charge on any atom is 0.419 e. The van der Waals surface area contributed by atoms with Gasteiger partial charge in [0.1, 0.15) is 0 Å². The van der Waals surface area contributed by atoms with Crippen LogP contribution < -0.4 is 11.1 Å². The van der Waals surface area contributed by atoms with Gasteiger partial charge in [-0.05, 0) is 56.2 Å². The number of oxazole rings is 1. The molecule has 5 nitrogen and oxygen atoms in total. The van der Waals surface area contributed by atoms with E-state index in [1.165, 1.54) is 4.57 Å². The van der Waals surface area contributed by atoms with Crippen LogP contribution in [0.5, 0.6) is 0 Å². The second-order valence-corrected chi connectivity index (χ2v) is 5.57. The summed E-state index contributed by atoms with van der Waals surface area (Å²) in [7, 11) is 0. The molecule has 3 aromatic rings. The molecule has 23 heavy (non-hydrogen) atoms. The van der Waals surface area contributed by atoms with Crippen molar-refractivity contribution in [2.45, 2.75) is 27.3 Å². The first-order chi connectivity index (χ1) is 11.0. The molecule has 1 amide bonds. The van der Waals surface area contributed by atoms with E-state index >= 15 is 0 Å². The molecule has 0 unspecified atom stereocenters. The fourth-order valence-electron chi connectivity index (χ4n) is 2.57. The summed E-state index contributed by atoms with van der Waals surface area (Å²) in [6, 6.07) is 10.9. The minimum atomic E-state index is -0.408. The Morgan fingerprint density at radius 2 is 1.96 bits per heavy atom. The lowest BCUT2D eigenvalue weighted by Crippen LogP contribution is -2.14. The normalized spacial score (nSPS) is 10.9. The first-order valence-electron chi connectivity index (χ1n) is 7.51. The van der Waals surface area contributed by atoms with Crippen LogP contribution in [0.3, 0.4) is 0 Å². The van der Waals surface area contributed by atoms with Crippen LogP contribution >= 0.6 is 0 Å². The van der Waals surface area contributed by atoms with Crippen LogP contribution in [0.2, 0.25) is 0 Å². The van der Waals surface area contributed by atoms with Crippen molar-refractivity contribution in [3.05, 3.63) is 63.6 Å². The Hall–Kier alpha value is -2.82. The highest BCUT2D eigenvalue weighted by molar-refractivity contribution is 6.06. The predicted octanol–water partition coefficient (Wildman–Crippen LogP) is 3.48. The third-order valence-corrected chi connectivity index (χ3v) is 3.89. The van der Waals surface area contributed by atoms with Gasteiger partial charge >= 0.3 is 5.76 Å². The Bertz CT molecular complexity index is 951. The second-order valence-electron chi connectivity index (χ2n) is 5.57. The van der Waals surface area contributed by atoms with Crippen molar-refractivity contribution in [2.24, 2.45) is 0 Å². The van der Waals surface area contributed by atoms with Crippen molar-refractivity contribution < 1.29 is 9.21 Å². The predicted molar refractivity (Wildman–Crippen MR) is 90.0 cm³/mol. The summed E-state index contributed by atoms with van der Waals surface area (Å²) in [6.07, 6.45) is 0. The number of amides is 1. The Kier molecular flexibility index (Phi) is 3.78. The van der Waals surface area contributed by atoms with E-state index < -0.39 is 5.76 Å². The molecular weight excluding hydrogens is 292 g/mol. The lowest BCUT2D eigenvalue weighted by Gasteiger charge is -2.09. The fourth-order valence-corrected chi connectivity index (χ4v) is 2.57. The molecule has 1 heterocycles. The molecule has 0 bridgehead atoms. The zero-order chi connectivity index (χ0) is 16.6. The summed E-state index contributed by atoms with van der Waals surface area (Å²) in [6.45, 7) is 6.28. The number of anilines is 1. The highest BCUT2D eigenvalue weighted by Crippen LogP contribution is 2.19. The maximum absolute atomic E-state index is 12.5. The van der Waals surface area contributed by atoms with E-state index in [1.54, 1.807) is 18.2 Å². The SMILES string of the molecule is CCn1c(=O)oc2ccc(C(=O)Nc3cc(C)ccc3C)cc21. The number of rotatable bonds is 3. The minimum Gasteiger partial charge on any atom is -0.408 e.